The number of hydrogen-bond acceptors (Lipinski definition) is 2. The van der Waals surface area contributed by atoms with Gasteiger partial charge in [-0.3, -0.25) is 0 Å². The third kappa shape index (κ3) is 2.49. The molecule has 0 fully saturated rings. The second-order valence-corrected chi connectivity index (χ2v) is 5.33. The van der Waals surface area contributed by atoms with Crippen molar-refractivity contribution < 1.29 is 13.2 Å². The molecule has 0 amide bonds. The van der Waals surface area contributed by atoms with Crippen molar-refractivity contribution in [1.29, 1.82) is 0 Å². The summed E-state index contributed by atoms with van der Waals surface area (Å²) >= 11 is 1.64. The Balaban J connectivity index is 1.80. The molecule has 3 aromatic rings. The highest BCUT2D eigenvalue weighted by Gasteiger charge is 2.09. The Labute approximate surface area is 117 Å². The minimum absolute atomic E-state index is 0.0920. The van der Waals surface area contributed by atoms with Crippen LogP contribution in [0.3, 0.4) is 0 Å². The van der Waals surface area contributed by atoms with Crippen LogP contribution in [0.5, 0.6) is 0 Å². The van der Waals surface area contributed by atoms with Gasteiger partial charge in [0.15, 0.2) is 11.6 Å². The van der Waals surface area contributed by atoms with Crippen LogP contribution in [0.25, 0.3) is 10.1 Å². The highest BCUT2D eigenvalue weighted by molar-refractivity contribution is 7.17. The zero-order valence-electron chi connectivity index (χ0n) is 10.3. The largest absolute Gasteiger partial charge is 0.381 e. The summed E-state index contributed by atoms with van der Waals surface area (Å²) in [5.74, 6) is -2.98. The normalized spacial score (nSPS) is 10.9. The van der Waals surface area contributed by atoms with Crippen LogP contribution in [0.2, 0.25) is 0 Å². The Morgan fingerprint density at radius 3 is 2.55 bits per heavy atom. The van der Waals surface area contributed by atoms with Crippen LogP contribution in [0, 0.1) is 17.5 Å². The lowest BCUT2D eigenvalue weighted by atomic mass is 10.2. The maximum Gasteiger partial charge on any atom is 0.161 e. The van der Waals surface area contributed by atoms with Gasteiger partial charge in [-0.05, 0) is 41.1 Å². The molecule has 0 unspecified atom stereocenters. The lowest BCUT2D eigenvalue weighted by molar-refractivity contribution is 0.490. The van der Waals surface area contributed by atoms with Crippen LogP contribution < -0.4 is 5.32 Å². The molecule has 1 heterocycles. The highest BCUT2D eigenvalue weighted by Crippen LogP contribution is 2.24. The number of nitrogens with one attached hydrogen (secondary N) is 1. The number of anilines is 1. The van der Waals surface area contributed by atoms with Gasteiger partial charge in [0.2, 0.25) is 0 Å². The fourth-order valence-electron chi connectivity index (χ4n) is 1.97. The molecule has 1 nitrogen and oxygen atoms in total. The van der Waals surface area contributed by atoms with Crippen molar-refractivity contribution in [2.45, 2.75) is 6.54 Å². The van der Waals surface area contributed by atoms with E-state index in [0.717, 1.165) is 21.8 Å². The lowest BCUT2D eigenvalue weighted by Gasteiger charge is -2.08. The standard InChI is InChI=1S/C15H10F3NS/c16-12-7-14(18)13(17)6-10(12)8-19-11-1-2-15-9(5-11)3-4-20-15/h1-7,19H,8H2. The third-order valence-corrected chi connectivity index (χ3v) is 3.92. The van der Waals surface area contributed by atoms with Crippen molar-refractivity contribution in [2.75, 3.05) is 5.32 Å². The van der Waals surface area contributed by atoms with Crippen molar-refractivity contribution in [1.82, 2.24) is 0 Å². The van der Waals surface area contributed by atoms with Gasteiger partial charge in [0.1, 0.15) is 5.82 Å². The summed E-state index contributed by atoms with van der Waals surface area (Å²) in [5, 5.41) is 6.08. The van der Waals surface area contributed by atoms with Crippen LogP contribution in [-0.2, 0) is 6.54 Å². The summed E-state index contributed by atoms with van der Waals surface area (Å²) < 4.78 is 40.6. The van der Waals surface area contributed by atoms with E-state index in [1.807, 2.05) is 29.6 Å². The highest BCUT2D eigenvalue weighted by atomic mass is 32.1. The predicted octanol–water partition coefficient (Wildman–Crippen LogP) is 4.93. The van der Waals surface area contributed by atoms with Gasteiger partial charge < -0.3 is 5.32 Å². The molecule has 0 aliphatic rings. The van der Waals surface area contributed by atoms with Gasteiger partial charge >= 0.3 is 0 Å². The first kappa shape index (κ1) is 13.0. The first-order chi connectivity index (χ1) is 9.63. The molecule has 0 atom stereocenters. The molecule has 5 heteroatoms. The van der Waals surface area contributed by atoms with E-state index in [9.17, 15) is 13.2 Å². The third-order valence-electron chi connectivity index (χ3n) is 3.02. The van der Waals surface area contributed by atoms with Crippen molar-refractivity contribution >= 4 is 27.1 Å². The molecule has 2 aromatic carbocycles. The predicted molar refractivity (Wildman–Crippen MR) is 75.5 cm³/mol. The van der Waals surface area contributed by atoms with E-state index in [1.165, 1.54) is 0 Å². The summed E-state index contributed by atoms with van der Waals surface area (Å²) in [5.41, 5.74) is 0.898. The maximum absolute atomic E-state index is 13.5. The van der Waals surface area contributed by atoms with Gasteiger partial charge in [-0.2, -0.15) is 0 Å². The molecular weight excluding hydrogens is 283 g/mol. The fraction of sp³-hybridized carbons (Fsp3) is 0.0667. The molecule has 102 valence electrons. The van der Waals surface area contributed by atoms with Gasteiger partial charge in [-0.1, -0.05) is 0 Å². The number of fused-ring (bicyclic) bond motifs is 1. The van der Waals surface area contributed by atoms with Crippen LogP contribution in [0.15, 0.2) is 41.8 Å². The Kier molecular flexibility index (Phi) is 3.36. The second kappa shape index (κ2) is 5.17. The van der Waals surface area contributed by atoms with E-state index < -0.39 is 17.5 Å². The fourth-order valence-corrected chi connectivity index (χ4v) is 2.74. The lowest BCUT2D eigenvalue weighted by Crippen LogP contribution is -2.03. The SMILES string of the molecule is Fc1cc(F)c(CNc2ccc3sccc3c2)cc1F. The van der Waals surface area contributed by atoms with Crippen molar-refractivity contribution in [2.24, 2.45) is 0 Å². The molecule has 0 saturated carbocycles. The van der Waals surface area contributed by atoms with E-state index in [1.54, 1.807) is 11.3 Å². The number of rotatable bonds is 3. The van der Waals surface area contributed by atoms with E-state index in [0.29, 0.717) is 6.07 Å². The van der Waals surface area contributed by atoms with Crippen LogP contribution >= 0.6 is 11.3 Å². The first-order valence-corrected chi connectivity index (χ1v) is 6.86. The Hall–Kier alpha value is -2.01. The maximum atomic E-state index is 13.5. The molecule has 0 radical (unpaired) electrons. The molecule has 0 saturated heterocycles. The Bertz CT molecular complexity index is 767. The molecular formula is C15H10F3NS. The molecule has 0 aliphatic heterocycles. The Morgan fingerprint density at radius 1 is 0.900 bits per heavy atom. The number of thiophene rings is 1. The molecule has 20 heavy (non-hydrogen) atoms. The average Bonchev–Trinajstić information content (AvgIpc) is 2.89. The summed E-state index contributed by atoms with van der Waals surface area (Å²) in [7, 11) is 0. The van der Waals surface area contributed by atoms with Crippen molar-refractivity contribution in [3.63, 3.8) is 0 Å². The van der Waals surface area contributed by atoms with Crippen LogP contribution in [0.1, 0.15) is 5.56 Å². The monoisotopic (exact) mass is 293 g/mol. The molecule has 1 aromatic heterocycles. The average molecular weight is 293 g/mol. The molecule has 0 aliphatic carbocycles. The van der Waals surface area contributed by atoms with Crippen molar-refractivity contribution in [3.05, 3.63) is 64.8 Å². The van der Waals surface area contributed by atoms with Gasteiger partial charge in [-0.25, -0.2) is 13.2 Å². The number of halogens is 3. The zero-order valence-corrected chi connectivity index (χ0v) is 11.1. The zero-order chi connectivity index (χ0) is 14.1. The van der Waals surface area contributed by atoms with Crippen LogP contribution in [0.4, 0.5) is 18.9 Å². The molecule has 0 bridgehead atoms. The smallest absolute Gasteiger partial charge is 0.161 e. The molecule has 1 N–H and O–H groups in total. The van der Waals surface area contributed by atoms with Gasteiger partial charge in [0, 0.05) is 28.6 Å². The van der Waals surface area contributed by atoms with E-state index in [2.05, 4.69) is 5.32 Å². The molecule has 3 rings (SSSR count). The first-order valence-electron chi connectivity index (χ1n) is 5.98. The van der Waals surface area contributed by atoms with E-state index in [4.69, 9.17) is 0 Å². The van der Waals surface area contributed by atoms with Gasteiger partial charge in [-0.15, -0.1) is 11.3 Å². The quantitative estimate of drug-likeness (QED) is 0.675. The Morgan fingerprint density at radius 2 is 1.70 bits per heavy atom. The minimum Gasteiger partial charge on any atom is -0.381 e. The molecule has 0 spiro atoms. The second-order valence-electron chi connectivity index (χ2n) is 4.38. The summed E-state index contributed by atoms with van der Waals surface area (Å²) in [6, 6.07) is 9.20. The van der Waals surface area contributed by atoms with E-state index >= 15 is 0 Å². The summed E-state index contributed by atoms with van der Waals surface area (Å²) in [6.45, 7) is 0.0959. The minimum atomic E-state index is -1.18. The van der Waals surface area contributed by atoms with Crippen molar-refractivity contribution in [3.8, 4) is 0 Å². The van der Waals surface area contributed by atoms with E-state index in [-0.39, 0.29) is 12.1 Å². The number of hydrogen-bond donors (Lipinski definition) is 1. The van der Waals surface area contributed by atoms with Crippen LogP contribution in [-0.4, -0.2) is 0 Å². The van der Waals surface area contributed by atoms with Gasteiger partial charge in [0.25, 0.3) is 0 Å². The number of benzene rings is 2. The summed E-state index contributed by atoms with van der Waals surface area (Å²) in [6.07, 6.45) is 0. The topological polar surface area (TPSA) is 12.0 Å². The van der Waals surface area contributed by atoms with Gasteiger partial charge in [0.05, 0.1) is 0 Å². The summed E-state index contributed by atoms with van der Waals surface area (Å²) in [4.78, 5) is 0.